The summed E-state index contributed by atoms with van der Waals surface area (Å²) >= 11 is 0. The number of hydrogen-bond donors (Lipinski definition) is 0. The number of anilines is 1. The molecule has 6 heteroatoms. The average Bonchev–Trinajstić information content (AvgIpc) is 3.42. The van der Waals surface area contributed by atoms with Crippen LogP contribution in [0.15, 0.2) is 72.8 Å². The summed E-state index contributed by atoms with van der Waals surface area (Å²) in [5, 5.41) is 0. The van der Waals surface area contributed by atoms with E-state index in [4.69, 9.17) is 14.5 Å². The van der Waals surface area contributed by atoms with Crippen LogP contribution in [0.3, 0.4) is 0 Å². The van der Waals surface area contributed by atoms with Crippen LogP contribution < -0.4 is 14.4 Å². The average molecular weight is 456 g/mol. The highest BCUT2D eigenvalue weighted by atomic mass is 16.5. The zero-order valence-corrected chi connectivity index (χ0v) is 19.6. The maximum atomic E-state index is 13.0. The molecule has 0 aliphatic carbocycles. The van der Waals surface area contributed by atoms with Crippen molar-refractivity contribution < 1.29 is 14.3 Å². The summed E-state index contributed by atoms with van der Waals surface area (Å²) in [5.41, 5.74) is 4.16. The molecule has 174 valence electrons. The molecule has 1 aliphatic heterocycles. The molecule has 0 radical (unpaired) electrons. The molecule has 34 heavy (non-hydrogen) atoms. The molecular weight excluding hydrogens is 426 g/mol. The Morgan fingerprint density at radius 1 is 1.00 bits per heavy atom. The van der Waals surface area contributed by atoms with Crippen molar-refractivity contribution in [3.8, 4) is 11.5 Å². The van der Waals surface area contributed by atoms with E-state index in [1.807, 2.05) is 78.6 Å². The molecule has 0 bridgehead atoms. The number of carbonyl (C=O) groups is 1. The van der Waals surface area contributed by atoms with Crippen LogP contribution in [0.4, 0.5) is 5.69 Å². The van der Waals surface area contributed by atoms with Gasteiger partial charge in [0.25, 0.3) is 0 Å². The predicted octanol–water partition coefficient (Wildman–Crippen LogP) is 5.34. The van der Waals surface area contributed by atoms with E-state index in [9.17, 15) is 4.79 Å². The lowest BCUT2D eigenvalue weighted by molar-refractivity contribution is -0.117. The Balaban J connectivity index is 1.34. The minimum Gasteiger partial charge on any atom is -0.497 e. The summed E-state index contributed by atoms with van der Waals surface area (Å²) in [6, 6.07) is 23.9. The van der Waals surface area contributed by atoms with Gasteiger partial charge in [-0.1, -0.05) is 36.4 Å². The monoisotopic (exact) mass is 455 g/mol. The van der Waals surface area contributed by atoms with Gasteiger partial charge >= 0.3 is 0 Å². The Bertz CT molecular complexity index is 1310. The van der Waals surface area contributed by atoms with Gasteiger partial charge < -0.3 is 18.9 Å². The number of aromatic nitrogens is 2. The Morgan fingerprint density at radius 2 is 1.79 bits per heavy atom. The van der Waals surface area contributed by atoms with Gasteiger partial charge in [0.15, 0.2) is 0 Å². The minimum atomic E-state index is 0.0545. The number of carbonyl (C=O) groups excluding carboxylic acids is 1. The van der Waals surface area contributed by atoms with Gasteiger partial charge in [-0.2, -0.15) is 0 Å². The Kier molecular flexibility index (Phi) is 6.21. The number of para-hydroxylation sites is 3. The number of imidazole rings is 1. The van der Waals surface area contributed by atoms with E-state index in [0.29, 0.717) is 19.6 Å². The molecule has 4 aromatic rings. The quantitative estimate of drug-likeness (QED) is 0.337. The zero-order valence-electron chi connectivity index (χ0n) is 19.6. The molecule has 1 fully saturated rings. The van der Waals surface area contributed by atoms with E-state index in [1.165, 1.54) is 0 Å². The highest BCUT2D eigenvalue weighted by molar-refractivity contribution is 5.97. The number of benzene rings is 3. The molecule has 6 nitrogen and oxygen atoms in total. The van der Waals surface area contributed by atoms with Crippen molar-refractivity contribution in [2.75, 3.05) is 25.2 Å². The normalized spacial score (nSPS) is 15.8. The van der Waals surface area contributed by atoms with Gasteiger partial charge in [-0.25, -0.2) is 4.98 Å². The van der Waals surface area contributed by atoms with Gasteiger partial charge in [-0.05, 0) is 49.2 Å². The molecular formula is C28H29N3O3. The summed E-state index contributed by atoms with van der Waals surface area (Å²) in [7, 11) is 1.65. The summed E-state index contributed by atoms with van der Waals surface area (Å²) in [6.07, 6.45) is 1.30. The Morgan fingerprint density at radius 3 is 2.65 bits per heavy atom. The molecule has 1 aliphatic rings. The first-order valence-corrected chi connectivity index (χ1v) is 11.7. The van der Waals surface area contributed by atoms with Crippen molar-refractivity contribution in [2.45, 2.75) is 32.2 Å². The second-order valence-corrected chi connectivity index (χ2v) is 8.68. The first-order valence-electron chi connectivity index (χ1n) is 11.7. The summed E-state index contributed by atoms with van der Waals surface area (Å²) in [5.74, 6) is 2.76. The van der Waals surface area contributed by atoms with Crippen molar-refractivity contribution in [3.63, 3.8) is 0 Å². The Hall–Kier alpha value is -3.80. The molecule has 3 aromatic carbocycles. The maximum absolute atomic E-state index is 13.0. The van der Waals surface area contributed by atoms with Crippen molar-refractivity contribution >= 4 is 22.6 Å². The predicted molar refractivity (Wildman–Crippen MR) is 134 cm³/mol. The highest BCUT2D eigenvalue weighted by Gasteiger charge is 2.35. The number of rotatable bonds is 8. The molecule has 1 saturated heterocycles. The smallest absolute Gasteiger partial charge is 0.227 e. The second-order valence-electron chi connectivity index (χ2n) is 8.68. The van der Waals surface area contributed by atoms with Crippen LogP contribution in [0.5, 0.6) is 11.5 Å². The number of methoxy groups -OCH3 is 1. The fraction of sp³-hybridized carbons (Fsp3) is 0.286. The fourth-order valence-corrected chi connectivity index (χ4v) is 4.72. The van der Waals surface area contributed by atoms with Crippen LogP contribution in [-0.2, 0) is 11.3 Å². The van der Waals surface area contributed by atoms with Gasteiger partial charge in [-0.15, -0.1) is 0 Å². The lowest BCUT2D eigenvalue weighted by atomic mass is 10.1. The van der Waals surface area contributed by atoms with Crippen LogP contribution in [0, 0.1) is 6.92 Å². The molecule has 0 saturated carbocycles. The van der Waals surface area contributed by atoms with E-state index >= 15 is 0 Å². The number of hydrogen-bond acceptors (Lipinski definition) is 4. The van der Waals surface area contributed by atoms with Crippen LogP contribution in [-0.4, -0.2) is 35.7 Å². The topological polar surface area (TPSA) is 56.6 Å². The fourth-order valence-electron chi connectivity index (χ4n) is 4.72. The standard InChI is InChI=1S/C28H29N3O3/c1-20-9-3-5-13-25(20)31-19-21(17-27(31)32)28-29-24-12-4-6-14-26(24)30(28)15-8-16-34-23-11-7-10-22(18-23)33-2/h3-7,9-14,18,21H,8,15-17,19H2,1-2H3. The van der Waals surface area contributed by atoms with Crippen LogP contribution in [0.2, 0.25) is 0 Å². The van der Waals surface area contributed by atoms with Crippen molar-refractivity contribution in [2.24, 2.45) is 0 Å². The molecule has 0 N–H and O–H groups in total. The third-order valence-electron chi connectivity index (χ3n) is 6.42. The lowest BCUT2D eigenvalue weighted by Crippen LogP contribution is -2.25. The number of ether oxygens (including phenoxy) is 2. The molecule has 0 spiro atoms. The van der Waals surface area contributed by atoms with E-state index < -0.39 is 0 Å². The van der Waals surface area contributed by atoms with Crippen molar-refractivity contribution in [3.05, 3.63) is 84.2 Å². The van der Waals surface area contributed by atoms with Crippen LogP contribution in [0.1, 0.15) is 30.1 Å². The Labute approximate surface area is 199 Å². The summed E-state index contributed by atoms with van der Waals surface area (Å²) < 4.78 is 13.5. The second kappa shape index (κ2) is 9.59. The molecule has 5 rings (SSSR count). The third-order valence-corrected chi connectivity index (χ3v) is 6.42. The van der Waals surface area contributed by atoms with E-state index in [0.717, 1.165) is 52.6 Å². The van der Waals surface area contributed by atoms with Gasteiger partial charge in [0, 0.05) is 37.2 Å². The number of aryl methyl sites for hydroxylation is 2. The third kappa shape index (κ3) is 4.36. The molecule has 1 amide bonds. The van der Waals surface area contributed by atoms with E-state index in [2.05, 4.69) is 10.6 Å². The number of fused-ring (bicyclic) bond motifs is 1. The maximum Gasteiger partial charge on any atom is 0.227 e. The molecule has 1 unspecified atom stereocenters. The minimum absolute atomic E-state index is 0.0545. The van der Waals surface area contributed by atoms with Gasteiger partial charge in [-0.3, -0.25) is 4.79 Å². The summed E-state index contributed by atoms with van der Waals surface area (Å²) in [4.78, 5) is 19.8. The highest BCUT2D eigenvalue weighted by Crippen LogP contribution is 2.34. The van der Waals surface area contributed by atoms with E-state index in [-0.39, 0.29) is 11.8 Å². The van der Waals surface area contributed by atoms with Crippen LogP contribution in [0.25, 0.3) is 11.0 Å². The van der Waals surface area contributed by atoms with Crippen molar-refractivity contribution in [1.29, 1.82) is 0 Å². The molecule has 1 aromatic heterocycles. The first-order chi connectivity index (χ1) is 16.6. The summed E-state index contributed by atoms with van der Waals surface area (Å²) in [6.45, 7) is 4.05. The zero-order chi connectivity index (χ0) is 23.5. The van der Waals surface area contributed by atoms with Gasteiger partial charge in [0.05, 0.1) is 24.8 Å². The van der Waals surface area contributed by atoms with Gasteiger partial charge in [0.2, 0.25) is 5.91 Å². The van der Waals surface area contributed by atoms with Crippen molar-refractivity contribution in [1.82, 2.24) is 9.55 Å². The van der Waals surface area contributed by atoms with Crippen LogP contribution >= 0.6 is 0 Å². The number of amides is 1. The lowest BCUT2D eigenvalue weighted by Gasteiger charge is -2.19. The number of nitrogens with zero attached hydrogens (tertiary/aromatic N) is 3. The SMILES string of the molecule is COc1cccc(OCCCn2c(C3CC(=O)N(c4ccccc4C)C3)nc3ccccc32)c1. The molecule has 2 heterocycles. The van der Waals surface area contributed by atoms with Gasteiger partial charge in [0.1, 0.15) is 17.3 Å². The molecule has 1 atom stereocenters. The van der Waals surface area contributed by atoms with E-state index in [1.54, 1.807) is 7.11 Å². The largest absolute Gasteiger partial charge is 0.497 e. The first kappa shape index (κ1) is 22.0.